The van der Waals surface area contributed by atoms with Gasteiger partial charge in [-0.15, -0.1) is 0 Å². The van der Waals surface area contributed by atoms with E-state index in [4.69, 9.17) is 0 Å². The summed E-state index contributed by atoms with van der Waals surface area (Å²) < 4.78 is 29.1. The van der Waals surface area contributed by atoms with Gasteiger partial charge in [-0.3, -0.25) is 18.9 Å². The van der Waals surface area contributed by atoms with Gasteiger partial charge in [0.25, 0.3) is 15.6 Å². The highest BCUT2D eigenvalue weighted by molar-refractivity contribution is 7.99. The summed E-state index contributed by atoms with van der Waals surface area (Å²) >= 11 is 1.13. The summed E-state index contributed by atoms with van der Waals surface area (Å²) in [6.07, 6.45) is 1.49. The number of sulfonamides is 1. The molecule has 0 fully saturated rings. The molecule has 5 aromatic rings. The normalized spacial score (nSPS) is 11.3. The number of rotatable bonds is 8. The first kappa shape index (κ1) is 25.2. The smallest absolute Gasteiger partial charge is 0.266 e. The Morgan fingerprint density at radius 3 is 2.32 bits per heavy atom. The third kappa shape index (κ3) is 5.58. The molecule has 0 aliphatic rings. The Balaban J connectivity index is 1.31. The van der Waals surface area contributed by atoms with Crippen LogP contribution in [0.15, 0.2) is 118 Å². The van der Waals surface area contributed by atoms with Gasteiger partial charge in [0.2, 0.25) is 5.91 Å². The Morgan fingerprint density at radius 2 is 1.58 bits per heavy atom. The second-order valence-corrected chi connectivity index (χ2v) is 10.7. The molecule has 38 heavy (non-hydrogen) atoms. The van der Waals surface area contributed by atoms with Crippen LogP contribution in [-0.2, 0) is 14.8 Å². The highest BCUT2D eigenvalue weighted by atomic mass is 32.2. The molecule has 5 rings (SSSR count). The van der Waals surface area contributed by atoms with Crippen molar-refractivity contribution in [3.05, 3.63) is 114 Å². The van der Waals surface area contributed by atoms with Gasteiger partial charge in [0, 0.05) is 11.9 Å². The molecule has 11 heteroatoms. The summed E-state index contributed by atoms with van der Waals surface area (Å²) in [7, 11) is -3.83. The zero-order valence-electron chi connectivity index (χ0n) is 19.8. The molecule has 3 aromatic carbocycles. The molecular weight excluding hydrogens is 522 g/mol. The van der Waals surface area contributed by atoms with Crippen LogP contribution in [0.4, 0.5) is 11.5 Å². The van der Waals surface area contributed by atoms with E-state index in [-0.39, 0.29) is 27.9 Å². The van der Waals surface area contributed by atoms with E-state index < -0.39 is 10.0 Å². The van der Waals surface area contributed by atoms with Crippen molar-refractivity contribution in [3.8, 4) is 5.69 Å². The van der Waals surface area contributed by atoms with Crippen LogP contribution in [0.5, 0.6) is 0 Å². The van der Waals surface area contributed by atoms with Crippen LogP contribution in [0, 0.1) is 0 Å². The van der Waals surface area contributed by atoms with Gasteiger partial charge in [-0.1, -0.05) is 48.2 Å². The number of hydrogen-bond acceptors (Lipinski definition) is 7. The van der Waals surface area contributed by atoms with Gasteiger partial charge in [-0.2, -0.15) is 0 Å². The Morgan fingerprint density at radius 1 is 0.868 bits per heavy atom. The minimum atomic E-state index is -3.83. The van der Waals surface area contributed by atoms with Gasteiger partial charge < -0.3 is 5.32 Å². The van der Waals surface area contributed by atoms with Gasteiger partial charge in [0.15, 0.2) is 5.16 Å². The van der Waals surface area contributed by atoms with E-state index in [9.17, 15) is 18.0 Å². The predicted octanol–water partition coefficient (Wildman–Crippen LogP) is 4.31. The number of nitrogens with zero attached hydrogens (tertiary/aromatic N) is 3. The van der Waals surface area contributed by atoms with Gasteiger partial charge in [0.05, 0.1) is 27.2 Å². The Hall–Kier alpha value is -4.48. The van der Waals surface area contributed by atoms with E-state index in [0.717, 1.165) is 11.8 Å². The molecule has 190 valence electrons. The molecule has 0 radical (unpaired) electrons. The van der Waals surface area contributed by atoms with Crippen LogP contribution in [-0.4, -0.2) is 34.6 Å². The summed E-state index contributed by atoms with van der Waals surface area (Å²) in [5.41, 5.74) is 1.40. The Kier molecular flexibility index (Phi) is 7.20. The van der Waals surface area contributed by atoms with Crippen molar-refractivity contribution in [2.75, 3.05) is 15.8 Å². The van der Waals surface area contributed by atoms with Crippen molar-refractivity contribution in [1.29, 1.82) is 0 Å². The first-order chi connectivity index (χ1) is 18.4. The quantitative estimate of drug-likeness (QED) is 0.221. The maximum absolute atomic E-state index is 13.3. The molecule has 0 aliphatic carbocycles. The number of carbonyl (C=O) groups excluding carboxylic acids is 1. The zero-order chi connectivity index (χ0) is 26.5. The van der Waals surface area contributed by atoms with Crippen molar-refractivity contribution in [2.45, 2.75) is 10.1 Å². The van der Waals surface area contributed by atoms with Crippen LogP contribution < -0.4 is 15.6 Å². The summed E-state index contributed by atoms with van der Waals surface area (Å²) in [4.78, 5) is 34.6. The fourth-order valence-electron chi connectivity index (χ4n) is 3.68. The number of aromatic nitrogens is 3. The number of pyridine rings is 1. The zero-order valence-corrected chi connectivity index (χ0v) is 21.4. The fourth-order valence-corrected chi connectivity index (χ4v) is 5.50. The Bertz CT molecular complexity index is 1760. The molecule has 0 aliphatic heterocycles. The SMILES string of the molecule is O=C(CSc1nc2ccccc2c(=O)n1-c1ccccc1)Nc1ccc(S(=O)(=O)Nc2ccccn2)cc1. The van der Waals surface area contributed by atoms with Crippen LogP contribution >= 0.6 is 11.8 Å². The van der Waals surface area contributed by atoms with Crippen molar-refractivity contribution < 1.29 is 13.2 Å². The van der Waals surface area contributed by atoms with E-state index in [1.165, 1.54) is 35.0 Å². The topological polar surface area (TPSA) is 123 Å². The number of carbonyl (C=O) groups is 1. The average Bonchev–Trinajstić information content (AvgIpc) is 2.93. The van der Waals surface area contributed by atoms with Crippen molar-refractivity contribution in [3.63, 3.8) is 0 Å². The number of para-hydroxylation sites is 2. The molecule has 0 spiro atoms. The van der Waals surface area contributed by atoms with Crippen molar-refractivity contribution in [2.24, 2.45) is 0 Å². The van der Waals surface area contributed by atoms with Crippen LogP contribution in [0.1, 0.15) is 0 Å². The van der Waals surface area contributed by atoms with Crippen LogP contribution in [0.2, 0.25) is 0 Å². The lowest BCUT2D eigenvalue weighted by atomic mass is 10.2. The third-order valence-electron chi connectivity index (χ3n) is 5.44. The number of anilines is 2. The average molecular weight is 544 g/mol. The molecule has 2 aromatic heterocycles. The predicted molar refractivity (Wildman–Crippen MR) is 148 cm³/mol. The molecule has 1 amide bonds. The first-order valence-corrected chi connectivity index (χ1v) is 13.9. The fraction of sp³-hybridized carbons (Fsp3) is 0.0370. The molecule has 0 atom stereocenters. The number of nitrogens with one attached hydrogen (secondary N) is 2. The lowest BCUT2D eigenvalue weighted by molar-refractivity contribution is -0.113. The summed E-state index contributed by atoms with van der Waals surface area (Å²) in [5.74, 6) is -0.142. The highest BCUT2D eigenvalue weighted by Gasteiger charge is 2.17. The molecule has 0 bridgehead atoms. The standard InChI is InChI=1S/C27H21N5O4S2/c33-25(29-19-13-15-21(16-14-19)38(35,36)31-24-12-6-7-17-28-24)18-37-27-30-23-11-5-4-10-22(23)26(34)32(27)20-8-2-1-3-9-20/h1-17H,18H2,(H,28,31)(H,29,33). The second kappa shape index (κ2) is 10.9. The van der Waals surface area contributed by atoms with Crippen LogP contribution in [0.3, 0.4) is 0 Å². The molecule has 2 N–H and O–H groups in total. The number of amides is 1. The first-order valence-electron chi connectivity index (χ1n) is 11.4. The summed E-state index contributed by atoms with van der Waals surface area (Å²) in [5, 5.41) is 3.62. The van der Waals surface area contributed by atoms with Crippen LogP contribution in [0.25, 0.3) is 16.6 Å². The molecule has 0 saturated carbocycles. The lowest BCUT2D eigenvalue weighted by Crippen LogP contribution is -2.23. The minimum absolute atomic E-state index is 0.0150. The molecule has 9 nitrogen and oxygen atoms in total. The second-order valence-electron chi connectivity index (χ2n) is 8.07. The number of benzene rings is 3. The maximum Gasteiger partial charge on any atom is 0.266 e. The van der Waals surface area contributed by atoms with E-state index in [0.29, 0.717) is 27.4 Å². The maximum atomic E-state index is 13.3. The van der Waals surface area contributed by atoms with Crippen molar-refractivity contribution in [1.82, 2.24) is 14.5 Å². The molecule has 2 heterocycles. The number of thioether (sulfide) groups is 1. The highest BCUT2D eigenvalue weighted by Crippen LogP contribution is 2.22. The number of hydrogen-bond donors (Lipinski definition) is 2. The van der Waals surface area contributed by atoms with Gasteiger partial charge in [0.1, 0.15) is 5.82 Å². The van der Waals surface area contributed by atoms with E-state index >= 15 is 0 Å². The molecule has 0 unspecified atom stereocenters. The monoisotopic (exact) mass is 543 g/mol. The minimum Gasteiger partial charge on any atom is -0.325 e. The summed E-state index contributed by atoms with van der Waals surface area (Å²) in [6, 6.07) is 26.9. The lowest BCUT2D eigenvalue weighted by Gasteiger charge is -2.13. The Labute approximate surface area is 222 Å². The number of fused-ring (bicyclic) bond motifs is 1. The van der Waals surface area contributed by atoms with E-state index in [1.807, 2.05) is 18.2 Å². The van der Waals surface area contributed by atoms with Gasteiger partial charge >= 0.3 is 0 Å². The van der Waals surface area contributed by atoms with Gasteiger partial charge in [-0.05, 0) is 60.7 Å². The largest absolute Gasteiger partial charge is 0.325 e. The van der Waals surface area contributed by atoms with Gasteiger partial charge in [-0.25, -0.2) is 18.4 Å². The summed E-state index contributed by atoms with van der Waals surface area (Å²) in [6.45, 7) is 0. The third-order valence-corrected chi connectivity index (χ3v) is 7.75. The molecular formula is C27H21N5O4S2. The molecule has 0 saturated heterocycles. The van der Waals surface area contributed by atoms with E-state index in [2.05, 4.69) is 20.0 Å². The van der Waals surface area contributed by atoms with Crippen molar-refractivity contribution >= 4 is 50.1 Å². The van der Waals surface area contributed by atoms with E-state index in [1.54, 1.807) is 54.6 Å².